The Morgan fingerprint density at radius 1 is 1.19 bits per heavy atom. The molecule has 5 heteroatoms. The standard InChI is InChI=1S/C16H16N2O3/c1-10-3-4-11(2)12(7-10)8-15(19)18-13-5-6-14(16(20)21)17-9-13/h3-7,9H,8H2,1-2H3,(H,18,19)(H,20,21). The Labute approximate surface area is 122 Å². The first-order valence-corrected chi connectivity index (χ1v) is 6.51. The third-order valence-electron chi connectivity index (χ3n) is 3.12. The summed E-state index contributed by atoms with van der Waals surface area (Å²) in [5.74, 6) is -1.25. The van der Waals surface area contributed by atoms with Crippen LogP contribution in [-0.4, -0.2) is 22.0 Å². The second-order valence-electron chi connectivity index (χ2n) is 4.89. The van der Waals surface area contributed by atoms with Crippen molar-refractivity contribution in [2.75, 3.05) is 5.32 Å². The molecule has 0 spiro atoms. The molecule has 1 heterocycles. The highest BCUT2D eigenvalue weighted by Crippen LogP contribution is 2.13. The molecule has 0 aliphatic heterocycles. The first-order chi connectivity index (χ1) is 9.95. The first-order valence-electron chi connectivity index (χ1n) is 6.51. The number of carbonyl (C=O) groups excluding carboxylic acids is 1. The molecule has 0 aliphatic carbocycles. The molecule has 1 aromatic carbocycles. The number of carbonyl (C=O) groups is 2. The third-order valence-corrected chi connectivity index (χ3v) is 3.12. The molecule has 0 saturated carbocycles. The van der Waals surface area contributed by atoms with E-state index in [1.54, 1.807) is 0 Å². The summed E-state index contributed by atoms with van der Waals surface area (Å²) in [5, 5.41) is 11.5. The minimum absolute atomic E-state index is 0.0532. The van der Waals surface area contributed by atoms with Crippen LogP contribution in [0, 0.1) is 13.8 Å². The highest BCUT2D eigenvalue weighted by molar-refractivity contribution is 5.93. The molecule has 0 bridgehead atoms. The Morgan fingerprint density at radius 3 is 2.57 bits per heavy atom. The van der Waals surface area contributed by atoms with Gasteiger partial charge in [-0.2, -0.15) is 0 Å². The lowest BCUT2D eigenvalue weighted by atomic mass is 10.0. The zero-order valence-electron chi connectivity index (χ0n) is 11.9. The summed E-state index contributed by atoms with van der Waals surface area (Å²) < 4.78 is 0. The second-order valence-corrected chi connectivity index (χ2v) is 4.89. The van der Waals surface area contributed by atoms with Crippen LogP contribution in [0.15, 0.2) is 36.5 Å². The van der Waals surface area contributed by atoms with E-state index < -0.39 is 5.97 Å². The Hall–Kier alpha value is -2.69. The average molecular weight is 284 g/mol. The lowest BCUT2D eigenvalue weighted by Crippen LogP contribution is -2.15. The quantitative estimate of drug-likeness (QED) is 0.904. The SMILES string of the molecule is Cc1ccc(C)c(CC(=O)Nc2ccc(C(=O)O)nc2)c1. The maximum absolute atomic E-state index is 12.0. The molecule has 21 heavy (non-hydrogen) atoms. The van der Waals surface area contributed by atoms with E-state index in [2.05, 4.69) is 10.3 Å². The van der Waals surface area contributed by atoms with Crippen LogP contribution in [0.25, 0.3) is 0 Å². The van der Waals surface area contributed by atoms with Crippen molar-refractivity contribution in [3.8, 4) is 0 Å². The first kappa shape index (κ1) is 14.7. The molecule has 2 N–H and O–H groups in total. The molecule has 2 aromatic rings. The van der Waals surface area contributed by atoms with Gasteiger partial charge in [0.05, 0.1) is 18.3 Å². The van der Waals surface area contributed by atoms with Gasteiger partial charge in [0.2, 0.25) is 5.91 Å². The number of carboxylic acids is 1. The van der Waals surface area contributed by atoms with E-state index in [4.69, 9.17) is 5.11 Å². The zero-order chi connectivity index (χ0) is 15.4. The van der Waals surface area contributed by atoms with Crippen LogP contribution >= 0.6 is 0 Å². The average Bonchev–Trinajstić information content (AvgIpc) is 2.43. The highest BCUT2D eigenvalue weighted by atomic mass is 16.4. The number of pyridine rings is 1. The molecular weight excluding hydrogens is 268 g/mol. The van der Waals surface area contributed by atoms with Crippen LogP contribution < -0.4 is 5.32 Å². The van der Waals surface area contributed by atoms with Crippen molar-refractivity contribution >= 4 is 17.6 Å². The number of anilines is 1. The van der Waals surface area contributed by atoms with E-state index in [0.717, 1.165) is 16.7 Å². The lowest BCUT2D eigenvalue weighted by molar-refractivity contribution is -0.115. The van der Waals surface area contributed by atoms with Crippen LogP contribution in [0.5, 0.6) is 0 Å². The Morgan fingerprint density at radius 2 is 1.95 bits per heavy atom. The summed E-state index contributed by atoms with van der Waals surface area (Å²) >= 11 is 0. The molecule has 108 valence electrons. The summed E-state index contributed by atoms with van der Waals surface area (Å²) in [4.78, 5) is 26.5. The van der Waals surface area contributed by atoms with Gasteiger partial charge in [0.25, 0.3) is 0 Å². The van der Waals surface area contributed by atoms with Crippen LogP contribution in [0.3, 0.4) is 0 Å². The van der Waals surface area contributed by atoms with Gasteiger partial charge in [0.15, 0.2) is 0 Å². The number of carboxylic acid groups (broad SMARTS) is 1. The second kappa shape index (κ2) is 6.17. The summed E-state index contributed by atoms with van der Waals surface area (Å²) in [6.07, 6.45) is 1.61. The lowest BCUT2D eigenvalue weighted by Gasteiger charge is -2.08. The van der Waals surface area contributed by atoms with Gasteiger partial charge in [-0.15, -0.1) is 0 Å². The van der Waals surface area contributed by atoms with Crippen molar-refractivity contribution in [3.05, 3.63) is 58.9 Å². The molecule has 0 unspecified atom stereocenters. The number of aryl methyl sites for hydroxylation is 2. The molecule has 0 saturated heterocycles. The molecule has 1 amide bonds. The molecular formula is C16H16N2O3. The van der Waals surface area contributed by atoms with Crippen molar-refractivity contribution in [1.29, 1.82) is 0 Å². The largest absolute Gasteiger partial charge is 0.477 e. The van der Waals surface area contributed by atoms with Crippen molar-refractivity contribution in [2.24, 2.45) is 0 Å². The van der Waals surface area contributed by atoms with Gasteiger partial charge in [0.1, 0.15) is 5.69 Å². The fourth-order valence-electron chi connectivity index (χ4n) is 1.96. The molecule has 0 aliphatic rings. The van der Waals surface area contributed by atoms with Crippen LogP contribution in [0.2, 0.25) is 0 Å². The Bertz CT molecular complexity index is 678. The minimum atomic E-state index is -1.09. The van der Waals surface area contributed by atoms with Crippen molar-refractivity contribution in [3.63, 3.8) is 0 Å². The molecule has 5 nitrogen and oxygen atoms in total. The van der Waals surface area contributed by atoms with E-state index in [0.29, 0.717) is 5.69 Å². The summed E-state index contributed by atoms with van der Waals surface area (Å²) in [6.45, 7) is 3.95. The van der Waals surface area contributed by atoms with E-state index in [-0.39, 0.29) is 18.0 Å². The molecule has 0 radical (unpaired) electrons. The summed E-state index contributed by atoms with van der Waals surface area (Å²) in [5.41, 5.74) is 3.58. The fraction of sp³-hybridized carbons (Fsp3) is 0.188. The summed E-state index contributed by atoms with van der Waals surface area (Å²) in [7, 11) is 0. The maximum atomic E-state index is 12.0. The van der Waals surface area contributed by atoms with Gasteiger partial charge < -0.3 is 10.4 Å². The van der Waals surface area contributed by atoms with Gasteiger partial charge in [-0.1, -0.05) is 23.8 Å². The fourth-order valence-corrected chi connectivity index (χ4v) is 1.96. The number of amides is 1. The van der Waals surface area contributed by atoms with E-state index in [9.17, 15) is 9.59 Å². The Balaban J connectivity index is 2.04. The van der Waals surface area contributed by atoms with Gasteiger partial charge in [-0.25, -0.2) is 9.78 Å². The van der Waals surface area contributed by atoms with Crippen LogP contribution in [0.1, 0.15) is 27.2 Å². The van der Waals surface area contributed by atoms with E-state index in [1.165, 1.54) is 18.3 Å². The molecule has 0 fully saturated rings. The topological polar surface area (TPSA) is 79.3 Å². The van der Waals surface area contributed by atoms with Crippen LogP contribution in [-0.2, 0) is 11.2 Å². The third kappa shape index (κ3) is 3.89. The minimum Gasteiger partial charge on any atom is -0.477 e. The van der Waals surface area contributed by atoms with Crippen molar-refractivity contribution in [2.45, 2.75) is 20.3 Å². The van der Waals surface area contributed by atoms with Crippen LogP contribution in [0.4, 0.5) is 5.69 Å². The van der Waals surface area contributed by atoms with Crippen molar-refractivity contribution < 1.29 is 14.7 Å². The maximum Gasteiger partial charge on any atom is 0.354 e. The normalized spacial score (nSPS) is 10.2. The Kier molecular flexibility index (Phi) is 4.33. The van der Waals surface area contributed by atoms with Gasteiger partial charge in [0, 0.05) is 0 Å². The molecule has 1 aromatic heterocycles. The molecule has 0 atom stereocenters. The highest BCUT2D eigenvalue weighted by Gasteiger charge is 2.08. The molecule has 2 rings (SSSR count). The zero-order valence-corrected chi connectivity index (χ0v) is 11.9. The number of benzene rings is 1. The number of hydrogen-bond donors (Lipinski definition) is 2. The number of nitrogens with one attached hydrogen (secondary N) is 1. The number of hydrogen-bond acceptors (Lipinski definition) is 3. The van der Waals surface area contributed by atoms with Crippen molar-refractivity contribution in [1.82, 2.24) is 4.98 Å². The number of nitrogens with zero attached hydrogens (tertiary/aromatic N) is 1. The number of aromatic carboxylic acids is 1. The van der Waals surface area contributed by atoms with Gasteiger partial charge >= 0.3 is 5.97 Å². The predicted molar refractivity (Wildman–Crippen MR) is 79.4 cm³/mol. The smallest absolute Gasteiger partial charge is 0.354 e. The number of rotatable bonds is 4. The summed E-state index contributed by atoms with van der Waals surface area (Å²) in [6, 6.07) is 8.86. The van der Waals surface area contributed by atoms with E-state index >= 15 is 0 Å². The monoisotopic (exact) mass is 284 g/mol. The van der Waals surface area contributed by atoms with E-state index in [1.807, 2.05) is 32.0 Å². The predicted octanol–water partition coefficient (Wildman–Crippen LogP) is 2.58. The number of aromatic nitrogens is 1. The van der Waals surface area contributed by atoms with Gasteiger partial charge in [-0.05, 0) is 37.1 Å². The van der Waals surface area contributed by atoms with Gasteiger partial charge in [-0.3, -0.25) is 4.79 Å².